The Hall–Kier alpha value is -3.58. The van der Waals surface area contributed by atoms with E-state index in [4.69, 9.17) is 9.47 Å². The minimum atomic E-state index is -1.26. The molecule has 184 valence electrons. The number of anilines is 1. The summed E-state index contributed by atoms with van der Waals surface area (Å²) in [5, 5.41) is 37.9. The molecule has 0 saturated carbocycles. The van der Waals surface area contributed by atoms with Gasteiger partial charge in [0.15, 0.2) is 23.2 Å². The van der Waals surface area contributed by atoms with E-state index in [1.807, 2.05) is 37.4 Å². The molecule has 0 radical (unpaired) electrons. The summed E-state index contributed by atoms with van der Waals surface area (Å²) in [6, 6.07) is 7.63. The van der Waals surface area contributed by atoms with E-state index in [2.05, 4.69) is 25.4 Å². The second kappa shape index (κ2) is 9.58. The van der Waals surface area contributed by atoms with Gasteiger partial charge in [-0.15, -0.1) is 0 Å². The van der Waals surface area contributed by atoms with E-state index in [9.17, 15) is 15.3 Å². The number of methoxy groups -OCH3 is 1. The third-order valence-electron chi connectivity index (χ3n) is 5.95. The van der Waals surface area contributed by atoms with Crippen LogP contribution in [-0.2, 0) is 4.74 Å². The van der Waals surface area contributed by atoms with E-state index in [-0.39, 0.29) is 0 Å². The molecule has 12 heteroatoms. The summed E-state index contributed by atoms with van der Waals surface area (Å²) in [6.07, 6.45) is 1.51. The normalized spacial score (nSPS) is 22.1. The van der Waals surface area contributed by atoms with Crippen molar-refractivity contribution >= 4 is 17.0 Å². The molecule has 1 saturated heterocycles. The number of fused-ring (bicyclic) bond motifs is 1. The fraction of sp³-hybridized carbons (Fsp3) is 0.391. The van der Waals surface area contributed by atoms with Gasteiger partial charge >= 0.3 is 0 Å². The molecule has 4 heterocycles. The molecule has 4 atom stereocenters. The van der Waals surface area contributed by atoms with Crippen LogP contribution >= 0.6 is 0 Å². The standard InChI is InChI=1S/C23H27N7O5/c1-3-8-24-20-17-21(29(12-25-17)22-19(33)18(32)16(11-31)35-22)28-23(27-20)30-10-14(9-26-30)13-4-6-15(34-2)7-5-13/h4-7,9-10,12,16,18-19,22,31-33H,3,8,11H2,1-2H3,(H,24,27,28)/t16-,18-,19-,22-/m1/s1. The van der Waals surface area contributed by atoms with Gasteiger partial charge < -0.3 is 30.1 Å². The molecule has 1 aliphatic heterocycles. The Morgan fingerprint density at radius 2 is 1.91 bits per heavy atom. The maximum absolute atomic E-state index is 10.5. The van der Waals surface area contributed by atoms with Gasteiger partial charge in [-0.1, -0.05) is 19.1 Å². The third kappa shape index (κ3) is 4.21. The Balaban J connectivity index is 1.56. The average Bonchev–Trinajstić information content (AvgIpc) is 3.61. The molecule has 1 aromatic carbocycles. The first kappa shape index (κ1) is 23.2. The van der Waals surface area contributed by atoms with Gasteiger partial charge in [0.1, 0.15) is 24.1 Å². The van der Waals surface area contributed by atoms with E-state index in [1.54, 1.807) is 18.0 Å². The monoisotopic (exact) mass is 481 g/mol. The van der Waals surface area contributed by atoms with Crippen LogP contribution in [0, 0.1) is 0 Å². The zero-order valence-corrected chi connectivity index (χ0v) is 19.3. The number of nitrogens with one attached hydrogen (secondary N) is 1. The van der Waals surface area contributed by atoms with Gasteiger partial charge in [0, 0.05) is 18.3 Å². The van der Waals surface area contributed by atoms with E-state index < -0.39 is 31.1 Å². The zero-order valence-electron chi connectivity index (χ0n) is 19.3. The summed E-state index contributed by atoms with van der Waals surface area (Å²) in [7, 11) is 1.62. The Kier molecular flexibility index (Phi) is 6.34. The predicted octanol–water partition coefficient (Wildman–Crippen LogP) is 1.12. The number of ether oxygens (including phenoxy) is 2. The lowest BCUT2D eigenvalue weighted by Gasteiger charge is -2.17. The van der Waals surface area contributed by atoms with Gasteiger partial charge in [-0.05, 0) is 24.1 Å². The summed E-state index contributed by atoms with van der Waals surface area (Å²) in [5.41, 5.74) is 2.71. The third-order valence-corrected chi connectivity index (χ3v) is 5.95. The first-order valence-corrected chi connectivity index (χ1v) is 11.3. The van der Waals surface area contributed by atoms with Crippen molar-refractivity contribution in [2.75, 3.05) is 25.6 Å². The van der Waals surface area contributed by atoms with Crippen molar-refractivity contribution in [1.29, 1.82) is 0 Å². The smallest absolute Gasteiger partial charge is 0.254 e. The Bertz CT molecular complexity index is 1310. The second-order valence-electron chi connectivity index (χ2n) is 8.25. The SMILES string of the molecule is CCCNc1nc(-n2cc(-c3ccc(OC)cc3)cn2)nc2c1ncn2[C@@H]1O[C@H](CO)[C@@H](O)[C@H]1O. The van der Waals surface area contributed by atoms with Gasteiger partial charge in [0.25, 0.3) is 5.95 Å². The molecule has 0 spiro atoms. The van der Waals surface area contributed by atoms with E-state index >= 15 is 0 Å². The van der Waals surface area contributed by atoms with Crippen LogP contribution in [0.3, 0.4) is 0 Å². The average molecular weight is 482 g/mol. The fourth-order valence-electron chi connectivity index (χ4n) is 4.03. The highest BCUT2D eigenvalue weighted by molar-refractivity contribution is 5.83. The maximum atomic E-state index is 10.5. The van der Waals surface area contributed by atoms with Crippen molar-refractivity contribution in [3.05, 3.63) is 43.0 Å². The number of rotatable bonds is 8. The molecule has 0 amide bonds. The van der Waals surface area contributed by atoms with Crippen LogP contribution in [0.25, 0.3) is 28.2 Å². The van der Waals surface area contributed by atoms with Crippen molar-refractivity contribution < 1.29 is 24.8 Å². The van der Waals surface area contributed by atoms with Crippen LogP contribution in [0.5, 0.6) is 5.75 Å². The summed E-state index contributed by atoms with van der Waals surface area (Å²) in [5.74, 6) is 1.57. The number of aromatic nitrogens is 6. The molecule has 0 unspecified atom stereocenters. The van der Waals surface area contributed by atoms with Gasteiger partial charge in [-0.3, -0.25) is 4.57 Å². The number of benzene rings is 1. The number of nitrogens with zero attached hydrogens (tertiary/aromatic N) is 6. The maximum Gasteiger partial charge on any atom is 0.254 e. The zero-order chi connectivity index (χ0) is 24.5. The molecule has 3 aromatic heterocycles. The van der Waals surface area contributed by atoms with Gasteiger partial charge in [0.2, 0.25) is 0 Å². The lowest BCUT2D eigenvalue weighted by Crippen LogP contribution is -2.33. The van der Waals surface area contributed by atoms with E-state index in [0.29, 0.717) is 29.5 Å². The molecular formula is C23H27N7O5. The molecular weight excluding hydrogens is 454 g/mol. The van der Waals surface area contributed by atoms with Crippen molar-refractivity contribution in [3.8, 4) is 22.8 Å². The van der Waals surface area contributed by atoms with Crippen LogP contribution in [-0.4, -0.2) is 83.2 Å². The van der Waals surface area contributed by atoms with Gasteiger partial charge in [-0.2, -0.15) is 15.1 Å². The molecule has 4 N–H and O–H groups in total. The summed E-state index contributed by atoms with van der Waals surface area (Å²) in [6.45, 7) is 2.29. The molecule has 0 bridgehead atoms. The number of imidazole rings is 1. The van der Waals surface area contributed by atoms with Gasteiger partial charge in [0.05, 0.1) is 26.2 Å². The number of hydrogen-bond donors (Lipinski definition) is 4. The molecule has 5 rings (SSSR count). The molecule has 0 aliphatic carbocycles. The summed E-state index contributed by atoms with van der Waals surface area (Å²) >= 11 is 0. The lowest BCUT2D eigenvalue weighted by atomic mass is 10.1. The molecule has 12 nitrogen and oxygen atoms in total. The van der Waals surface area contributed by atoms with Crippen LogP contribution in [0.1, 0.15) is 19.6 Å². The number of aliphatic hydroxyl groups excluding tert-OH is 3. The Morgan fingerprint density at radius 1 is 1.11 bits per heavy atom. The first-order chi connectivity index (χ1) is 17.0. The van der Waals surface area contributed by atoms with Crippen LogP contribution < -0.4 is 10.1 Å². The van der Waals surface area contributed by atoms with Crippen LogP contribution in [0.15, 0.2) is 43.0 Å². The van der Waals surface area contributed by atoms with Crippen LogP contribution in [0.4, 0.5) is 5.82 Å². The molecule has 35 heavy (non-hydrogen) atoms. The topological polar surface area (TPSA) is 153 Å². The largest absolute Gasteiger partial charge is 0.497 e. The summed E-state index contributed by atoms with van der Waals surface area (Å²) < 4.78 is 14.0. The highest BCUT2D eigenvalue weighted by Crippen LogP contribution is 2.33. The van der Waals surface area contributed by atoms with Crippen LogP contribution in [0.2, 0.25) is 0 Å². The molecule has 1 aliphatic rings. The highest BCUT2D eigenvalue weighted by atomic mass is 16.6. The number of hydrogen-bond acceptors (Lipinski definition) is 10. The van der Waals surface area contributed by atoms with Crippen molar-refractivity contribution in [3.63, 3.8) is 0 Å². The summed E-state index contributed by atoms with van der Waals surface area (Å²) in [4.78, 5) is 13.7. The van der Waals surface area contributed by atoms with Crippen molar-refractivity contribution in [2.45, 2.75) is 37.9 Å². The van der Waals surface area contributed by atoms with Crippen molar-refractivity contribution in [1.82, 2.24) is 29.3 Å². The second-order valence-corrected chi connectivity index (χ2v) is 8.25. The van der Waals surface area contributed by atoms with Gasteiger partial charge in [-0.25, -0.2) is 9.67 Å². The Labute approximate surface area is 200 Å². The minimum Gasteiger partial charge on any atom is -0.497 e. The molecule has 4 aromatic rings. The number of aliphatic hydroxyl groups is 3. The predicted molar refractivity (Wildman–Crippen MR) is 126 cm³/mol. The lowest BCUT2D eigenvalue weighted by molar-refractivity contribution is -0.0511. The van der Waals surface area contributed by atoms with Crippen molar-refractivity contribution in [2.24, 2.45) is 0 Å². The quantitative estimate of drug-likeness (QED) is 0.288. The first-order valence-electron chi connectivity index (χ1n) is 11.3. The fourth-order valence-corrected chi connectivity index (χ4v) is 4.03. The Morgan fingerprint density at radius 3 is 2.60 bits per heavy atom. The highest BCUT2D eigenvalue weighted by Gasteiger charge is 2.44. The molecule has 1 fully saturated rings. The van der Waals surface area contributed by atoms with E-state index in [0.717, 1.165) is 23.3 Å². The minimum absolute atomic E-state index is 0.296. The van der Waals surface area contributed by atoms with E-state index in [1.165, 1.54) is 10.9 Å².